The highest BCUT2D eigenvalue weighted by Crippen LogP contribution is 2.50. The molecule has 2 aliphatic rings. The summed E-state index contributed by atoms with van der Waals surface area (Å²) < 4.78 is 87.9. The number of fused-ring (bicyclic) bond motifs is 2. The van der Waals surface area contributed by atoms with Crippen molar-refractivity contribution in [2.45, 2.75) is 50.6 Å². The lowest BCUT2D eigenvalue weighted by Gasteiger charge is -2.25. The average molecular weight is 673 g/mol. The van der Waals surface area contributed by atoms with E-state index in [-0.39, 0.29) is 62.2 Å². The summed E-state index contributed by atoms with van der Waals surface area (Å²) in [5.41, 5.74) is 2.41. The lowest BCUT2D eigenvalue weighted by atomic mass is 9.93. The van der Waals surface area contributed by atoms with Crippen molar-refractivity contribution in [1.82, 2.24) is 19.8 Å². The first kappa shape index (κ1) is 32.4. The van der Waals surface area contributed by atoms with Crippen LogP contribution in [0.3, 0.4) is 0 Å². The first-order valence-corrected chi connectivity index (χ1v) is 15.6. The molecule has 2 aromatic heterocycles. The summed E-state index contributed by atoms with van der Waals surface area (Å²) in [7, 11) is 1.93. The van der Waals surface area contributed by atoms with Gasteiger partial charge in [-0.05, 0) is 57.1 Å². The molecule has 3 atom stereocenters. The third-order valence-corrected chi connectivity index (χ3v) is 9.85. The molecule has 4 aromatic rings. The first-order chi connectivity index (χ1) is 22.3. The number of anilines is 1. The zero-order valence-corrected chi connectivity index (χ0v) is 26.1. The lowest BCUT2D eigenvalue weighted by molar-refractivity contribution is -0.137. The molecule has 0 aliphatic carbocycles. The number of nitrogens with two attached hydrogens (primary N) is 1. The van der Waals surface area contributed by atoms with Gasteiger partial charge in [-0.3, -0.25) is 4.79 Å². The maximum atomic E-state index is 16.8. The van der Waals surface area contributed by atoms with E-state index in [2.05, 4.69) is 26.3 Å². The second-order valence-corrected chi connectivity index (χ2v) is 12.6. The summed E-state index contributed by atoms with van der Waals surface area (Å²) in [4.78, 5) is 27.8. The zero-order chi connectivity index (χ0) is 33.8. The monoisotopic (exact) mass is 672 g/mol. The summed E-state index contributed by atoms with van der Waals surface area (Å²) in [6, 6.07) is 1.79. The molecule has 0 bridgehead atoms. The average Bonchev–Trinajstić information content (AvgIpc) is 3.72. The molecule has 3 unspecified atom stereocenters. The number of likely N-dealkylation sites (tertiary alicyclic amines) is 2. The van der Waals surface area contributed by atoms with Gasteiger partial charge >= 0.3 is 12.2 Å². The molecule has 0 spiro atoms. The Labute approximate surface area is 270 Å². The molecular formula is C32H29F5N6O3S. The number of benzene rings is 2. The summed E-state index contributed by atoms with van der Waals surface area (Å²) in [5.74, 6) is -2.89. The first-order valence-electron chi connectivity index (χ1n) is 14.8. The Morgan fingerprint density at radius 2 is 2.02 bits per heavy atom. The van der Waals surface area contributed by atoms with Crippen LogP contribution in [-0.2, 0) is 11.0 Å². The summed E-state index contributed by atoms with van der Waals surface area (Å²) in [5, 5.41) is -0.723. The standard InChI is InChI=1S/C32H29F5N6O3S/c1-5-22(44)43-12-10-21(15(43)2)46-30-18-13-19(32(35,36)37)23(17-8-9-20(33)28-24(17)27(39-3)29(38)47-28)25(34)26(18)40-31(41-30)45-14-16-7-6-11-42(16)4/h5,8-9,13,15-16,21H,1,6-7,10-12,14,38H2,2,4H3. The number of hydrogen-bond donors (Lipinski definition) is 1. The van der Waals surface area contributed by atoms with Crippen LogP contribution in [0.5, 0.6) is 11.9 Å². The van der Waals surface area contributed by atoms with Gasteiger partial charge in [0.05, 0.1) is 33.3 Å². The van der Waals surface area contributed by atoms with E-state index in [4.69, 9.17) is 21.8 Å². The third kappa shape index (κ3) is 5.69. The SMILES string of the molecule is [C-]#[N+]c1c(N)sc2c(F)ccc(-c3c(C(F)(F)F)cc4c(OC5CCN(C(=O)C=C)C5C)nc(OCC5CCCN5C)nc4c3F)c12. The number of ether oxygens (including phenoxy) is 2. The van der Waals surface area contributed by atoms with E-state index >= 15 is 4.39 Å². The Morgan fingerprint density at radius 1 is 1.26 bits per heavy atom. The summed E-state index contributed by atoms with van der Waals surface area (Å²) >= 11 is 0.688. The van der Waals surface area contributed by atoms with Gasteiger partial charge in [0, 0.05) is 30.0 Å². The summed E-state index contributed by atoms with van der Waals surface area (Å²) in [6.45, 7) is 14.1. The molecular weight excluding hydrogens is 643 g/mol. The van der Waals surface area contributed by atoms with Gasteiger partial charge in [-0.25, -0.2) is 13.6 Å². The second kappa shape index (κ2) is 12.2. The molecule has 6 rings (SSSR count). The van der Waals surface area contributed by atoms with Crippen LogP contribution in [0.2, 0.25) is 0 Å². The fraction of sp³-hybridized carbons (Fsp3) is 0.375. The number of thiophene rings is 1. The van der Waals surface area contributed by atoms with Crippen LogP contribution < -0.4 is 15.2 Å². The van der Waals surface area contributed by atoms with Crippen molar-refractivity contribution in [1.29, 1.82) is 0 Å². The molecule has 15 heteroatoms. The van der Waals surface area contributed by atoms with Crippen molar-refractivity contribution in [2.24, 2.45) is 0 Å². The molecule has 2 aromatic carbocycles. The number of likely N-dealkylation sites (N-methyl/N-ethyl adjacent to an activating group) is 1. The van der Waals surface area contributed by atoms with Crippen LogP contribution in [0, 0.1) is 18.2 Å². The van der Waals surface area contributed by atoms with Crippen LogP contribution in [0.4, 0.5) is 32.6 Å². The molecule has 4 heterocycles. The predicted octanol–water partition coefficient (Wildman–Crippen LogP) is 6.97. The van der Waals surface area contributed by atoms with Gasteiger partial charge in [0.15, 0.2) is 5.82 Å². The highest BCUT2D eigenvalue weighted by Gasteiger charge is 2.40. The maximum Gasteiger partial charge on any atom is 0.417 e. The van der Waals surface area contributed by atoms with E-state index in [0.29, 0.717) is 30.4 Å². The number of carbonyl (C=O) groups is 1. The number of carbonyl (C=O) groups excluding carboxylic acids is 1. The molecule has 2 N–H and O–H groups in total. The minimum atomic E-state index is -5.11. The Bertz CT molecular complexity index is 1960. The van der Waals surface area contributed by atoms with Crippen molar-refractivity contribution < 1.29 is 36.2 Å². The van der Waals surface area contributed by atoms with Crippen LogP contribution in [0.25, 0.3) is 37.0 Å². The smallest absolute Gasteiger partial charge is 0.417 e. The predicted molar refractivity (Wildman–Crippen MR) is 168 cm³/mol. The Morgan fingerprint density at radius 3 is 2.68 bits per heavy atom. The normalized spacial score (nSPS) is 20.2. The number of alkyl halides is 3. The molecule has 1 amide bonds. The topological polar surface area (TPSA) is 98.2 Å². The highest BCUT2D eigenvalue weighted by molar-refractivity contribution is 7.23. The Kier molecular flexibility index (Phi) is 8.43. The van der Waals surface area contributed by atoms with Crippen molar-refractivity contribution >= 4 is 48.9 Å². The Hall–Kier alpha value is -4.55. The second-order valence-electron chi connectivity index (χ2n) is 11.6. The number of halogens is 5. The minimum absolute atomic E-state index is 0.0172. The quantitative estimate of drug-likeness (QED) is 0.129. The maximum absolute atomic E-state index is 16.8. The fourth-order valence-corrected chi connectivity index (χ4v) is 7.25. The van der Waals surface area contributed by atoms with Crippen LogP contribution in [-0.4, -0.2) is 70.6 Å². The molecule has 0 radical (unpaired) electrons. The van der Waals surface area contributed by atoms with E-state index in [1.807, 2.05) is 7.05 Å². The van der Waals surface area contributed by atoms with Gasteiger partial charge in [-0.15, -0.1) is 11.3 Å². The molecule has 246 valence electrons. The van der Waals surface area contributed by atoms with E-state index in [0.717, 1.165) is 37.6 Å². The van der Waals surface area contributed by atoms with Gasteiger partial charge in [0.1, 0.15) is 24.0 Å². The van der Waals surface area contributed by atoms with E-state index in [9.17, 15) is 22.4 Å². The molecule has 2 saturated heterocycles. The van der Waals surface area contributed by atoms with Crippen LogP contribution in [0.1, 0.15) is 31.7 Å². The van der Waals surface area contributed by atoms with E-state index < -0.39 is 46.6 Å². The van der Waals surface area contributed by atoms with Crippen LogP contribution >= 0.6 is 11.3 Å². The number of nitrogen functional groups attached to an aromatic ring is 1. The van der Waals surface area contributed by atoms with Gasteiger partial charge in [0.2, 0.25) is 17.5 Å². The molecule has 9 nitrogen and oxygen atoms in total. The number of amides is 1. The highest BCUT2D eigenvalue weighted by atomic mass is 32.1. The molecule has 0 saturated carbocycles. The minimum Gasteiger partial charge on any atom is -0.471 e. The van der Waals surface area contributed by atoms with Crippen molar-refractivity contribution in [3.63, 3.8) is 0 Å². The zero-order valence-electron chi connectivity index (χ0n) is 25.3. The van der Waals surface area contributed by atoms with Gasteiger partial charge in [-0.2, -0.15) is 23.1 Å². The van der Waals surface area contributed by atoms with Crippen LogP contribution in [0.15, 0.2) is 30.9 Å². The number of aromatic nitrogens is 2. The fourth-order valence-electron chi connectivity index (χ4n) is 6.32. The van der Waals surface area contributed by atoms with E-state index in [1.165, 1.54) is 4.90 Å². The van der Waals surface area contributed by atoms with Gasteiger partial charge in [0.25, 0.3) is 0 Å². The number of nitrogens with zero attached hydrogens (tertiary/aromatic N) is 5. The molecule has 47 heavy (non-hydrogen) atoms. The van der Waals surface area contributed by atoms with Crippen molar-refractivity contribution in [3.05, 3.63) is 59.5 Å². The lowest BCUT2D eigenvalue weighted by Crippen LogP contribution is -2.38. The third-order valence-electron chi connectivity index (χ3n) is 8.84. The molecule has 2 aliphatic heterocycles. The number of hydrogen-bond acceptors (Lipinski definition) is 8. The number of rotatable bonds is 7. The van der Waals surface area contributed by atoms with E-state index in [1.54, 1.807) is 6.92 Å². The largest absolute Gasteiger partial charge is 0.471 e. The van der Waals surface area contributed by atoms with Gasteiger partial charge < -0.3 is 25.0 Å². The summed E-state index contributed by atoms with van der Waals surface area (Å²) in [6.07, 6.45) is -2.55. The molecule has 2 fully saturated rings. The Balaban J connectivity index is 1.57. The van der Waals surface area contributed by atoms with Crippen molar-refractivity contribution in [3.8, 4) is 23.0 Å². The van der Waals surface area contributed by atoms with Gasteiger partial charge in [-0.1, -0.05) is 12.6 Å². The van der Waals surface area contributed by atoms with Crippen molar-refractivity contribution in [2.75, 3.05) is 32.5 Å².